The van der Waals surface area contributed by atoms with Crippen molar-refractivity contribution in [2.45, 2.75) is 13.8 Å². The highest BCUT2D eigenvalue weighted by Gasteiger charge is 2.16. The zero-order chi connectivity index (χ0) is 13.4. The van der Waals surface area contributed by atoms with E-state index in [9.17, 15) is 9.50 Å². The lowest BCUT2D eigenvalue weighted by Gasteiger charge is -2.10. The largest absolute Gasteiger partial charge is 0.508 e. The number of benzene rings is 1. The highest BCUT2D eigenvalue weighted by Crippen LogP contribution is 2.31. The summed E-state index contributed by atoms with van der Waals surface area (Å²) in [5, 5.41) is 9.57. The quantitative estimate of drug-likeness (QED) is 0.714. The van der Waals surface area contributed by atoms with Crippen LogP contribution >= 0.6 is 0 Å². The standard InChI is InChI=1S/C12H13FN4O/c1-5-4-8(18)6(2)3-7(5)10-9(13)11(14)17-12(15)16-10/h3-4,18H,1-2H3,(H4,14,15,16,17). The fraction of sp³-hybridized carbons (Fsp3) is 0.167. The molecule has 5 N–H and O–H groups in total. The van der Waals surface area contributed by atoms with Crippen LogP contribution in [-0.4, -0.2) is 15.1 Å². The van der Waals surface area contributed by atoms with Crippen LogP contribution in [0.2, 0.25) is 0 Å². The second-order valence-electron chi connectivity index (χ2n) is 4.08. The number of aromatic hydroxyl groups is 1. The Morgan fingerprint density at radius 1 is 1.11 bits per heavy atom. The van der Waals surface area contributed by atoms with E-state index in [1.807, 2.05) is 0 Å². The molecule has 0 spiro atoms. The molecule has 0 saturated heterocycles. The summed E-state index contributed by atoms with van der Waals surface area (Å²) in [6.45, 7) is 3.45. The van der Waals surface area contributed by atoms with Crippen LogP contribution in [0.1, 0.15) is 11.1 Å². The molecule has 5 nitrogen and oxygen atoms in total. The minimum Gasteiger partial charge on any atom is -0.508 e. The van der Waals surface area contributed by atoms with Crippen molar-refractivity contribution in [2.24, 2.45) is 0 Å². The van der Waals surface area contributed by atoms with Gasteiger partial charge in [-0.3, -0.25) is 0 Å². The lowest BCUT2D eigenvalue weighted by atomic mass is 10.0. The Morgan fingerprint density at radius 3 is 2.44 bits per heavy atom. The average molecular weight is 248 g/mol. The summed E-state index contributed by atoms with van der Waals surface area (Å²) < 4.78 is 13.9. The third-order valence-corrected chi connectivity index (χ3v) is 2.69. The van der Waals surface area contributed by atoms with Crippen LogP contribution in [0.4, 0.5) is 16.2 Å². The Labute approximate surface area is 103 Å². The fourth-order valence-corrected chi connectivity index (χ4v) is 1.72. The number of hydrogen-bond acceptors (Lipinski definition) is 5. The number of halogens is 1. The molecule has 0 aliphatic rings. The Hall–Kier alpha value is -2.37. The number of hydrogen-bond donors (Lipinski definition) is 3. The maximum atomic E-state index is 13.9. The van der Waals surface area contributed by atoms with Gasteiger partial charge in [0.25, 0.3) is 0 Å². The Kier molecular flexibility index (Phi) is 2.78. The van der Waals surface area contributed by atoms with Gasteiger partial charge in [0.2, 0.25) is 5.95 Å². The van der Waals surface area contributed by atoms with Crippen molar-refractivity contribution in [2.75, 3.05) is 11.5 Å². The number of aryl methyl sites for hydroxylation is 2. The van der Waals surface area contributed by atoms with Gasteiger partial charge in [0.1, 0.15) is 11.4 Å². The molecule has 0 saturated carbocycles. The van der Waals surface area contributed by atoms with Gasteiger partial charge in [-0.05, 0) is 37.1 Å². The molecular weight excluding hydrogens is 235 g/mol. The van der Waals surface area contributed by atoms with E-state index in [1.165, 1.54) is 0 Å². The van der Waals surface area contributed by atoms with Gasteiger partial charge in [0.15, 0.2) is 11.6 Å². The fourth-order valence-electron chi connectivity index (χ4n) is 1.72. The maximum Gasteiger partial charge on any atom is 0.222 e. The predicted molar refractivity (Wildman–Crippen MR) is 67.4 cm³/mol. The summed E-state index contributed by atoms with van der Waals surface area (Å²) in [6, 6.07) is 3.17. The SMILES string of the molecule is Cc1cc(-c2nc(N)nc(N)c2F)c(C)cc1O. The van der Waals surface area contributed by atoms with Crippen molar-refractivity contribution < 1.29 is 9.50 Å². The second-order valence-corrected chi connectivity index (χ2v) is 4.08. The first-order valence-electron chi connectivity index (χ1n) is 5.29. The third-order valence-electron chi connectivity index (χ3n) is 2.69. The molecule has 6 heteroatoms. The summed E-state index contributed by atoms with van der Waals surface area (Å²) in [4.78, 5) is 7.41. The zero-order valence-electron chi connectivity index (χ0n) is 10.0. The molecule has 2 aromatic rings. The van der Waals surface area contributed by atoms with Crippen LogP contribution in [0.5, 0.6) is 5.75 Å². The lowest BCUT2D eigenvalue weighted by molar-refractivity contribution is 0.470. The minimum atomic E-state index is -0.711. The van der Waals surface area contributed by atoms with Crippen LogP contribution < -0.4 is 11.5 Å². The summed E-state index contributed by atoms with van der Waals surface area (Å²) in [6.07, 6.45) is 0. The van der Waals surface area contributed by atoms with Crippen LogP contribution in [0.3, 0.4) is 0 Å². The van der Waals surface area contributed by atoms with Crippen LogP contribution in [0.15, 0.2) is 12.1 Å². The third kappa shape index (κ3) is 1.92. The zero-order valence-corrected chi connectivity index (χ0v) is 10.0. The van der Waals surface area contributed by atoms with Crippen molar-refractivity contribution in [3.63, 3.8) is 0 Å². The number of phenols is 1. The normalized spacial score (nSPS) is 10.6. The van der Waals surface area contributed by atoms with Gasteiger partial charge in [-0.25, -0.2) is 9.37 Å². The van der Waals surface area contributed by atoms with Crippen LogP contribution in [0.25, 0.3) is 11.3 Å². The van der Waals surface area contributed by atoms with E-state index in [0.717, 1.165) is 0 Å². The van der Waals surface area contributed by atoms with Crippen molar-refractivity contribution in [3.05, 3.63) is 29.1 Å². The van der Waals surface area contributed by atoms with Gasteiger partial charge in [-0.15, -0.1) is 0 Å². The van der Waals surface area contributed by atoms with Gasteiger partial charge >= 0.3 is 0 Å². The molecule has 94 valence electrons. The summed E-state index contributed by atoms with van der Waals surface area (Å²) >= 11 is 0. The Balaban J connectivity index is 2.73. The number of rotatable bonds is 1. The molecule has 1 aromatic carbocycles. The average Bonchev–Trinajstić information content (AvgIpc) is 2.29. The van der Waals surface area contributed by atoms with Crippen molar-refractivity contribution >= 4 is 11.8 Å². The molecule has 0 fully saturated rings. The molecular formula is C12H13FN4O. The first-order chi connectivity index (χ1) is 8.40. The van der Waals surface area contributed by atoms with E-state index in [2.05, 4.69) is 9.97 Å². The number of phenolic OH excluding ortho intramolecular Hbond substituents is 1. The topological polar surface area (TPSA) is 98.0 Å². The number of aromatic nitrogens is 2. The van der Waals surface area contributed by atoms with E-state index in [0.29, 0.717) is 16.7 Å². The lowest BCUT2D eigenvalue weighted by Crippen LogP contribution is -2.05. The predicted octanol–water partition coefficient (Wildman–Crippen LogP) is 1.77. The molecule has 0 atom stereocenters. The second kappa shape index (κ2) is 4.14. The Morgan fingerprint density at radius 2 is 1.78 bits per heavy atom. The monoisotopic (exact) mass is 248 g/mol. The molecule has 0 amide bonds. The van der Waals surface area contributed by atoms with Crippen molar-refractivity contribution in [1.82, 2.24) is 9.97 Å². The van der Waals surface area contributed by atoms with E-state index < -0.39 is 5.82 Å². The number of nitrogens with zero attached hydrogens (tertiary/aromatic N) is 2. The van der Waals surface area contributed by atoms with Crippen molar-refractivity contribution in [1.29, 1.82) is 0 Å². The molecule has 2 rings (SSSR count). The molecule has 0 radical (unpaired) electrons. The van der Waals surface area contributed by atoms with E-state index in [1.54, 1.807) is 26.0 Å². The first-order valence-corrected chi connectivity index (χ1v) is 5.29. The molecule has 0 aliphatic carbocycles. The van der Waals surface area contributed by atoms with Crippen molar-refractivity contribution in [3.8, 4) is 17.0 Å². The smallest absolute Gasteiger partial charge is 0.222 e. The minimum absolute atomic E-state index is 0.0422. The summed E-state index contributed by atoms with van der Waals surface area (Å²) in [7, 11) is 0. The highest BCUT2D eigenvalue weighted by molar-refractivity contribution is 5.69. The van der Waals surface area contributed by atoms with Crippen LogP contribution in [-0.2, 0) is 0 Å². The molecule has 0 bridgehead atoms. The molecule has 0 aliphatic heterocycles. The van der Waals surface area contributed by atoms with E-state index >= 15 is 0 Å². The summed E-state index contributed by atoms with van der Waals surface area (Å²) in [5.74, 6) is -0.944. The molecule has 18 heavy (non-hydrogen) atoms. The van der Waals surface area contributed by atoms with E-state index in [-0.39, 0.29) is 23.2 Å². The van der Waals surface area contributed by atoms with Gasteiger partial charge in [0.05, 0.1) is 0 Å². The number of nitrogen functional groups attached to an aromatic ring is 2. The van der Waals surface area contributed by atoms with Gasteiger partial charge < -0.3 is 16.6 Å². The van der Waals surface area contributed by atoms with Gasteiger partial charge in [-0.1, -0.05) is 0 Å². The van der Waals surface area contributed by atoms with Gasteiger partial charge in [-0.2, -0.15) is 4.98 Å². The number of nitrogens with two attached hydrogens (primary N) is 2. The highest BCUT2D eigenvalue weighted by atomic mass is 19.1. The van der Waals surface area contributed by atoms with Crippen LogP contribution in [0, 0.1) is 19.7 Å². The van der Waals surface area contributed by atoms with E-state index in [4.69, 9.17) is 11.5 Å². The van der Waals surface area contributed by atoms with Gasteiger partial charge in [0, 0.05) is 5.56 Å². The first kappa shape index (κ1) is 12.1. The molecule has 1 heterocycles. The number of anilines is 2. The molecule has 0 unspecified atom stereocenters. The molecule has 1 aromatic heterocycles. The maximum absolute atomic E-state index is 13.9. The Bertz CT molecular complexity index is 628. The summed E-state index contributed by atoms with van der Waals surface area (Å²) in [5.41, 5.74) is 12.8.